The van der Waals surface area contributed by atoms with E-state index in [1.165, 1.54) is 7.11 Å². The first kappa shape index (κ1) is 21.2. The summed E-state index contributed by atoms with van der Waals surface area (Å²) in [6, 6.07) is 10.7. The molecule has 0 spiro atoms. The molecule has 1 heterocycles. The zero-order chi connectivity index (χ0) is 21.1. The summed E-state index contributed by atoms with van der Waals surface area (Å²) in [6.45, 7) is -0.435. The van der Waals surface area contributed by atoms with Crippen molar-refractivity contribution in [1.29, 1.82) is 0 Å². The maximum atomic E-state index is 12.4. The maximum absolute atomic E-state index is 12.4. The van der Waals surface area contributed by atoms with Gasteiger partial charge in [0, 0.05) is 30.9 Å². The van der Waals surface area contributed by atoms with E-state index in [0.717, 1.165) is 17.0 Å². The average Bonchev–Trinajstić information content (AvgIpc) is 3.04. The highest BCUT2D eigenvalue weighted by Crippen LogP contribution is 2.43. The van der Waals surface area contributed by atoms with E-state index in [9.17, 15) is 9.59 Å². The van der Waals surface area contributed by atoms with Gasteiger partial charge in [-0.15, -0.1) is 11.3 Å². The molecule has 0 radical (unpaired) electrons. The van der Waals surface area contributed by atoms with Crippen molar-refractivity contribution in [1.82, 2.24) is 0 Å². The molecule has 3 rings (SSSR count). The number of nitrogens with zero attached hydrogens (tertiary/aromatic N) is 1. The molecule has 1 amide bonds. The van der Waals surface area contributed by atoms with Crippen molar-refractivity contribution < 1.29 is 19.1 Å². The van der Waals surface area contributed by atoms with E-state index < -0.39 is 18.5 Å². The first-order valence-corrected chi connectivity index (χ1v) is 10.1. The largest absolute Gasteiger partial charge is 0.495 e. The van der Waals surface area contributed by atoms with Crippen molar-refractivity contribution in [3.63, 3.8) is 0 Å². The monoisotopic (exact) mass is 452 g/mol. The number of ether oxygens (including phenoxy) is 2. The average molecular weight is 453 g/mol. The first-order chi connectivity index (χ1) is 13.8. The number of benzene rings is 2. The lowest BCUT2D eigenvalue weighted by Crippen LogP contribution is -2.20. The molecule has 2 aromatic carbocycles. The van der Waals surface area contributed by atoms with E-state index in [4.69, 9.17) is 32.7 Å². The number of fused-ring (bicyclic) bond motifs is 1. The van der Waals surface area contributed by atoms with Crippen molar-refractivity contribution >= 4 is 67.9 Å². The molecule has 6 nitrogen and oxygen atoms in total. The van der Waals surface area contributed by atoms with Crippen molar-refractivity contribution in [2.24, 2.45) is 0 Å². The van der Waals surface area contributed by atoms with E-state index in [2.05, 4.69) is 5.32 Å². The summed E-state index contributed by atoms with van der Waals surface area (Å²) in [5.74, 6) is -0.658. The smallest absolute Gasteiger partial charge is 0.350 e. The number of anilines is 2. The number of thiophene rings is 1. The van der Waals surface area contributed by atoms with Crippen LogP contribution in [0.4, 0.5) is 11.4 Å². The third-order valence-corrected chi connectivity index (χ3v) is 6.30. The number of amides is 1. The Morgan fingerprint density at radius 3 is 2.38 bits per heavy atom. The molecule has 1 aromatic heterocycles. The summed E-state index contributed by atoms with van der Waals surface area (Å²) >= 11 is 13.7. The lowest BCUT2D eigenvalue weighted by atomic mass is 10.2. The second-order valence-electron chi connectivity index (χ2n) is 6.27. The van der Waals surface area contributed by atoms with Crippen molar-refractivity contribution in [3.8, 4) is 5.75 Å². The molecule has 1 N–H and O–H groups in total. The SMILES string of the molecule is COc1ccc2c(Cl)c(C(=O)OCC(=O)Nc3ccc(N(C)C)cc3)sc2c1Cl. The van der Waals surface area contributed by atoms with Gasteiger partial charge in [0.05, 0.1) is 16.8 Å². The third kappa shape index (κ3) is 4.58. The molecule has 0 saturated carbocycles. The topological polar surface area (TPSA) is 67.9 Å². The Labute approximate surface area is 181 Å². The first-order valence-electron chi connectivity index (χ1n) is 8.50. The molecule has 0 aliphatic carbocycles. The van der Waals surface area contributed by atoms with Gasteiger partial charge in [0.25, 0.3) is 5.91 Å². The summed E-state index contributed by atoms with van der Waals surface area (Å²) in [5.41, 5.74) is 1.61. The van der Waals surface area contributed by atoms with Crippen LogP contribution >= 0.6 is 34.5 Å². The lowest BCUT2D eigenvalue weighted by molar-refractivity contribution is -0.119. The number of hydrogen-bond acceptors (Lipinski definition) is 6. The molecule has 0 aliphatic heterocycles. The number of esters is 1. The molecule has 152 valence electrons. The van der Waals surface area contributed by atoms with Crippen LogP contribution in [0, 0.1) is 0 Å². The van der Waals surface area contributed by atoms with E-state index in [1.54, 1.807) is 24.3 Å². The molecule has 3 aromatic rings. The number of nitrogens with one attached hydrogen (secondary N) is 1. The van der Waals surface area contributed by atoms with E-state index in [1.807, 2.05) is 31.1 Å². The van der Waals surface area contributed by atoms with Crippen LogP contribution in [0.1, 0.15) is 9.67 Å². The molecule has 0 atom stereocenters. The van der Waals surface area contributed by atoms with Gasteiger partial charge in [0.15, 0.2) is 6.61 Å². The highest BCUT2D eigenvalue weighted by molar-refractivity contribution is 7.22. The van der Waals surface area contributed by atoms with E-state index >= 15 is 0 Å². The van der Waals surface area contributed by atoms with Gasteiger partial charge in [0.2, 0.25) is 0 Å². The maximum Gasteiger partial charge on any atom is 0.350 e. The predicted octanol–water partition coefficient (Wildman–Crippen LogP) is 5.08. The zero-order valence-electron chi connectivity index (χ0n) is 15.9. The van der Waals surface area contributed by atoms with Gasteiger partial charge in [-0.1, -0.05) is 23.2 Å². The summed E-state index contributed by atoms with van der Waals surface area (Å²) in [4.78, 5) is 26.6. The molecule has 29 heavy (non-hydrogen) atoms. The second kappa shape index (κ2) is 8.90. The Balaban J connectivity index is 1.66. The van der Waals surface area contributed by atoms with Gasteiger partial charge >= 0.3 is 5.97 Å². The fraction of sp³-hybridized carbons (Fsp3) is 0.200. The Bertz CT molecular complexity index is 1060. The third-order valence-electron chi connectivity index (χ3n) is 4.11. The fourth-order valence-corrected chi connectivity index (χ4v) is 4.39. The van der Waals surface area contributed by atoms with Crippen LogP contribution < -0.4 is 15.0 Å². The van der Waals surface area contributed by atoms with Gasteiger partial charge in [0.1, 0.15) is 15.6 Å². The van der Waals surface area contributed by atoms with Gasteiger partial charge < -0.3 is 19.7 Å². The highest BCUT2D eigenvalue weighted by Gasteiger charge is 2.22. The van der Waals surface area contributed by atoms with E-state index in [0.29, 0.717) is 26.5 Å². The standard InChI is InChI=1S/C20H18Cl2N2O4S/c1-24(2)12-6-4-11(5-7-12)23-15(25)10-28-20(26)19-16(21)13-8-9-14(27-3)17(22)18(13)29-19/h4-9H,10H2,1-3H3,(H,23,25). The summed E-state index contributed by atoms with van der Waals surface area (Å²) in [5, 5.41) is 3.91. The number of rotatable bonds is 6. The molecule has 0 unspecified atom stereocenters. The number of carbonyl (C=O) groups is 2. The number of carbonyl (C=O) groups excluding carboxylic acids is 2. The summed E-state index contributed by atoms with van der Waals surface area (Å²) in [6.07, 6.45) is 0. The number of methoxy groups -OCH3 is 1. The van der Waals surface area contributed by atoms with Crippen LogP contribution in [-0.2, 0) is 9.53 Å². The van der Waals surface area contributed by atoms with Crippen LogP contribution in [0.2, 0.25) is 10.0 Å². The number of halogens is 2. The summed E-state index contributed by atoms with van der Waals surface area (Å²) in [7, 11) is 5.36. The van der Waals surface area contributed by atoms with Crippen molar-refractivity contribution in [2.45, 2.75) is 0 Å². The zero-order valence-corrected chi connectivity index (χ0v) is 18.2. The lowest BCUT2D eigenvalue weighted by Gasteiger charge is -2.13. The van der Waals surface area contributed by atoms with Crippen molar-refractivity contribution in [3.05, 3.63) is 51.3 Å². The van der Waals surface area contributed by atoms with Crippen LogP contribution in [0.15, 0.2) is 36.4 Å². The molecule has 0 saturated heterocycles. The Kier molecular flexibility index (Phi) is 6.52. The minimum Gasteiger partial charge on any atom is -0.495 e. The fourth-order valence-electron chi connectivity index (χ4n) is 2.61. The molecule has 0 fully saturated rings. The quantitative estimate of drug-likeness (QED) is 0.528. The van der Waals surface area contributed by atoms with Gasteiger partial charge in [-0.05, 0) is 36.4 Å². The van der Waals surface area contributed by atoms with Gasteiger partial charge in [-0.2, -0.15) is 0 Å². The van der Waals surface area contributed by atoms with Gasteiger partial charge in [-0.3, -0.25) is 4.79 Å². The second-order valence-corrected chi connectivity index (χ2v) is 8.05. The van der Waals surface area contributed by atoms with Crippen molar-refractivity contribution in [2.75, 3.05) is 38.0 Å². The van der Waals surface area contributed by atoms with Gasteiger partial charge in [-0.25, -0.2) is 4.79 Å². The number of hydrogen-bond donors (Lipinski definition) is 1. The molecule has 0 aliphatic rings. The molecular formula is C20H18Cl2N2O4S. The van der Waals surface area contributed by atoms with E-state index in [-0.39, 0.29) is 9.90 Å². The highest BCUT2D eigenvalue weighted by atomic mass is 35.5. The Morgan fingerprint density at radius 1 is 1.07 bits per heavy atom. The van der Waals surface area contributed by atoms with Crippen LogP contribution in [-0.4, -0.2) is 39.7 Å². The predicted molar refractivity (Wildman–Crippen MR) is 118 cm³/mol. The molecule has 9 heteroatoms. The van der Waals surface area contributed by atoms with Crippen LogP contribution in [0.3, 0.4) is 0 Å². The minimum absolute atomic E-state index is 0.181. The van der Waals surface area contributed by atoms with Crippen LogP contribution in [0.5, 0.6) is 5.75 Å². The summed E-state index contributed by atoms with van der Waals surface area (Å²) < 4.78 is 10.9. The Morgan fingerprint density at radius 2 is 1.76 bits per heavy atom. The Hall–Kier alpha value is -2.48. The molecule has 0 bridgehead atoms. The van der Waals surface area contributed by atoms with Crippen LogP contribution in [0.25, 0.3) is 10.1 Å². The minimum atomic E-state index is -0.690. The normalized spacial score (nSPS) is 10.7. The molecular weight excluding hydrogens is 435 g/mol.